The predicted molar refractivity (Wildman–Crippen MR) is 141 cm³/mol. The number of sulfonamides is 1. The molecule has 0 radical (unpaired) electrons. The van der Waals surface area contributed by atoms with Crippen LogP contribution >= 0.6 is 0 Å². The van der Waals surface area contributed by atoms with Gasteiger partial charge >= 0.3 is 0 Å². The Labute approximate surface area is 218 Å². The molecule has 0 N–H and O–H groups in total. The van der Waals surface area contributed by atoms with Gasteiger partial charge in [-0.3, -0.25) is 14.6 Å². The fourth-order valence-corrected chi connectivity index (χ4v) is 7.25. The summed E-state index contributed by atoms with van der Waals surface area (Å²) in [5.74, 6) is -0.474. The van der Waals surface area contributed by atoms with Crippen LogP contribution in [0.5, 0.6) is 0 Å². The van der Waals surface area contributed by atoms with E-state index in [2.05, 4.69) is 4.98 Å². The van der Waals surface area contributed by atoms with Crippen LogP contribution in [0.4, 0.5) is 0 Å². The van der Waals surface area contributed by atoms with Gasteiger partial charge in [-0.25, -0.2) is 8.42 Å². The number of aryl methyl sites for hydroxylation is 2. The van der Waals surface area contributed by atoms with E-state index in [9.17, 15) is 18.0 Å². The Hall–Kier alpha value is -3.36. The van der Waals surface area contributed by atoms with Crippen LogP contribution in [0.15, 0.2) is 71.8 Å². The van der Waals surface area contributed by atoms with Crippen LogP contribution in [0, 0.1) is 19.3 Å². The number of nitrogens with zero attached hydrogens (tertiary/aromatic N) is 3. The molecule has 2 aliphatic rings. The highest BCUT2D eigenvalue weighted by atomic mass is 32.2. The molecule has 8 heteroatoms. The van der Waals surface area contributed by atoms with Crippen molar-refractivity contribution in [1.82, 2.24) is 14.2 Å². The fraction of sp³-hybridized carbons (Fsp3) is 0.345. The first-order valence-corrected chi connectivity index (χ1v) is 14.1. The Morgan fingerprint density at radius 3 is 2.32 bits per heavy atom. The number of hydrogen-bond acceptors (Lipinski definition) is 5. The second-order valence-corrected chi connectivity index (χ2v) is 12.2. The third-order valence-electron chi connectivity index (χ3n) is 7.76. The number of carbonyl (C=O) groups excluding carboxylic acids is 2. The average Bonchev–Trinajstić information content (AvgIpc) is 3.33. The summed E-state index contributed by atoms with van der Waals surface area (Å²) in [6.07, 6.45) is 3.74. The SMILES string of the molecule is Cc1ccc(C)c(S(=O)(=O)N2CCC3(CCN(C(=O)c4ncccc4C(=O)c4ccccc4)C3)CC2)c1. The molecule has 2 saturated heterocycles. The number of amides is 1. The van der Waals surface area contributed by atoms with Crippen molar-refractivity contribution in [2.24, 2.45) is 5.41 Å². The quantitative estimate of drug-likeness (QED) is 0.473. The number of likely N-dealkylation sites (tertiary alicyclic amines) is 1. The molecule has 1 spiro atoms. The third-order valence-corrected chi connectivity index (χ3v) is 9.80. The molecule has 1 aromatic heterocycles. The van der Waals surface area contributed by atoms with Crippen molar-refractivity contribution in [2.75, 3.05) is 26.2 Å². The molecule has 7 nitrogen and oxygen atoms in total. The van der Waals surface area contributed by atoms with Gasteiger partial charge in [-0.15, -0.1) is 0 Å². The monoisotopic (exact) mass is 517 g/mol. The lowest BCUT2D eigenvalue weighted by molar-refractivity contribution is 0.0740. The number of benzene rings is 2. The van der Waals surface area contributed by atoms with Crippen LogP contribution < -0.4 is 0 Å². The van der Waals surface area contributed by atoms with Gasteiger partial charge in [0.2, 0.25) is 10.0 Å². The van der Waals surface area contributed by atoms with Gasteiger partial charge < -0.3 is 4.90 Å². The molecule has 1 amide bonds. The first-order valence-electron chi connectivity index (χ1n) is 12.6. The molecule has 0 bridgehead atoms. The van der Waals surface area contributed by atoms with E-state index in [0.29, 0.717) is 55.0 Å². The number of aromatic nitrogens is 1. The molecule has 2 fully saturated rings. The van der Waals surface area contributed by atoms with Crippen LogP contribution in [-0.2, 0) is 10.0 Å². The minimum atomic E-state index is -3.57. The summed E-state index contributed by atoms with van der Waals surface area (Å²) in [6.45, 7) is 5.69. The van der Waals surface area contributed by atoms with Gasteiger partial charge in [-0.05, 0) is 67.9 Å². The van der Waals surface area contributed by atoms with Crippen molar-refractivity contribution < 1.29 is 18.0 Å². The molecule has 0 atom stereocenters. The lowest BCUT2D eigenvalue weighted by atomic mass is 9.78. The molecule has 3 aromatic rings. The summed E-state index contributed by atoms with van der Waals surface area (Å²) >= 11 is 0. The number of pyridine rings is 1. The van der Waals surface area contributed by atoms with Gasteiger partial charge in [0.15, 0.2) is 5.78 Å². The van der Waals surface area contributed by atoms with E-state index in [-0.39, 0.29) is 22.8 Å². The number of carbonyl (C=O) groups is 2. The highest BCUT2D eigenvalue weighted by Gasteiger charge is 2.45. The van der Waals surface area contributed by atoms with E-state index in [1.807, 2.05) is 32.0 Å². The van der Waals surface area contributed by atoms with Gasteiger partial charge in [0.25, 0.3) is 5.91 Å². The predicted octanol–water partition coefficient (Wildman–Crippen LogP) is 4.25. The molecule has 0 unspecified atom stereocenters. The molecule has 0 aliphatic carbocycles. The largest absolute Gasteiger partial charge is 0.337 e. The van der Waals surface area contributed by atoms with Gasteiger partial charge in [0, 0.05) is 37.9 Å². The zero-order valence-corrected chi connectivity index (χ0v) is 22.0. The third kappa shape index (κ3) is 4.83. The van der Waals surface area contributed by atoms with E-state index < -0.39 is 10.0 Å². The zero-order chi connectivity index (χ0) is 26.2. The summed E-state index contributed by atoms with van der Waals surface area (Å²) in [4.78, 5) is 33.1. The van der Waals surface area contributed by atoms with Crippen LogP contribution in [0.1, 0.15) is 56.8 Å². The standard InChI is InChI=1S/C29H31N3O4S/c1-21-10-11-22(2)25(19-21)37(35,36)32-17-13-29(14-18-32)12-16-31(20-29)28(34)26-24(9-6-15-30-26)27(33)23-7-4-3-5-8-23/h3-11,15,19H,12-14,16-18,20H2,1-2H3. The van der Waals surface area contributed by atoms with E-state index in [1.165, 1.54) is 6.20 Å². The maximum atomic E-state index is 13.5. The van der Waals surface area contributed by atoms with Crippen LogP contribution in [-0.4, -0.2) is 60.5 Å². The average molecular weight is 518 g/mol. The van der Waals surface area contributed by atoms with E-state index >= 15 is 0 Å². The first-order chi connectivity index (χ1) is 17.7. The first kappa shape index (κ1) is 25.3. The summed E-state index contributed by atoms with van der Waals surface area (Å²) < 4.78 is 28.3. The molecular formula is C29H31N3O4S. The summed E-state index contributed by atoms with van der Waals surface area (Å²) in [6, 6.07) is 17.7. The lowest BCUT2D eigenvalue weighted by Crippen LogP contribution is -2.44. The maximum Gasteiger partial charge on any atom is 0.273 e. The van der Waals surface area contributed by atoms with Crippen molar-refractivity contribution in [1.29, 1.82) is 0 Å². The molecule has 192 valence electrons. The molecule has 2 aromatic carbocycles. The Balaban J connectivity index is 1.29. The number of ketones is 1. The minimum absolute atomic E-state index is 0.123. The molecule has 5 rings (SSSR count). The normalized spacial score (nSPS) is 17.7. The number of hydrogen-bond donors (Lipinski definition) is 0. The van der Waals surface area contributed by atoms with Gasteiger partial charge in [0.05, 0.1) is 10.5 Å². The molecule has 37 heavy (non-hydrogen) atoms. The van der Waals surface area contributed by atoms with E-state index in [0.717, 1.165) is 17.5 Å². The van der Waals surface area contributed by atoms with Crippen molar-refractivity contribution in [3.8, 4) is 0 Å². The second kappa shape index (κ2) is 9.84. The number of rotatable bonds is 5. The Morgan fingerprint density at radius 2 is 1.59 bits per heavy atom. The lowest BCUT2D eigenvalue weighted by Gasteiger charge is -2.38. The minimum Gasteiger partial charge on any atom is -0.337 e. The van der Waals surface area contributed by atoms with Crippen molar-refractivity contribution >= 4 is 21.7 Å². The Bertz CT molecular complexity index is 1440. The van der Waals surface area contributed by atoms with Crippen molar-refractivity contribution in [3.05, 3.63) is 94.8 Å². The topological polar surface area (TPSA) is 87.7 Å². The molecule has 2 aliphatic heterocycles. The Morgan fingerprint density at radius 1 is 0.892 bits per heavy atom. The summed E-state index contributed by atoms with van der Waals surface area (Å²) in [5, 5.41) is 0. The summed E-state index contributed by atoms with van der Waals surface area (Å²) in [5.41, 5.74) is 2.53. The maximum absolute atomic E-state index is 13.5. The second-order valence-electron chi connectivity index (χ2n) is 10.2. The fourth-order valence-electron chi connectivity index (χ4n) is 5.50. The highest BCUT2D eigenvalue weighted by Crippen LogP contribution is 2.42. The van der Waals surface area contributed by atoms with Gasteiger partial charge in [-0.2, -0.15) is 4.31 Å². The zero-order valence-electron chi connectivity index (χ0n) is 21.2. The highest BCUT2D eigenvalue weighted by molar-refractivity contribution is 7.89. The molecule has 3 heterocycles. The van der Waals surface area contributed by atoms with Gasteiger partial charge in [-0.1, -0.05) is 42.5 Å². The van der Waals surface area contributed by atoms with Crippen LogP contribution in [0.2, 0.25) is 0 Å². The summed E-state index contributed by atoms with van der Waals surface area (Å²) in [7, 11) is -3.57. The number of piperidine rings is 1. The molecular weight excluding hydrogens is 486 g/mol. The van der Waals surface area contributed by atoms with Crippen molar-refractivity contribution in [2.45, 2.75) is 38.0 Å². The van der Waals surface area contributed by atoms with E-state index in [4.69, 9.17) is 0 Å². The van der Waals surface area contributed by atoms with Crippen molar-refractivity contribution in [3.63, 3.8) is 0 Å². The molecule has 0 saturated carbocycles. The van der Waals surface area contributed by atoms with E-state index in [1.54, 1.807) is 51.7 Å². The van der Waals surface area contributed by atoms with Gasteiger partial charge in [0.1, 0.15) is 5.69 Å². The van der Waals surface area contributed by atoms with Crippen LogP contribution in [0.25, 0.3) is 0 Å². The Kier molecular flexibility index (Phi) is 6.72. The van der Waals surface area contributed by atoms with Crippen LogP contribution in [0.3, 0.4) is 0 Å². The smallest absolute Gasteiger partial charge is 0.273 e.